The Morgan fingerprint density at radius 2 is 2.00 bits per heavy atom. The molecule has 0 radical (unpaired) electrons. The molecule has 82 valence electrons. The van der Waals surface area contributed by atoms with Crippen molar-refractivity contribution in [2.24, 2.45) is 5.92 Å². The molecule has 0 fully saturated rings. The summed E-state index contributed by atoms with van der Waals surface area (Å²) in [7, 11) is 0. The number of carbonyl (C=O) groups is 1. The Balaban J connectivity index is 3.93. The monoisotopic (exact) mass is 198 g/mol. The Bertz CT molecular complexity index is 202. The van der Waals surface area contributed by atoms with Gasteiger partial charge in [-0.05, 0) is 26.2 Å². The second kappa shape index (κ2) is 6.77. The Labute approximate surface area is 87.0 Å². The largest absolute Gasteiger partial charge is 0.392 e. The summed E-state index contributed by atoms with van der Waals surface area (Å²) < 4.78 is 0. The van der Waals surface area contributed by atoms with E-state index < -0.39 is 6.10 Å². The highest BCUT2D eigenvalue weighted by molar-refractivity contribution is 5.78. The van der Waals surface area contributed by atoms with Crippen molar-refractivity contribution in [3.8, 4) is 0 Å². The number of carbonyl (C=O) groups excluding carboxylic acids is 1. The average Bonchev–Trinajstić information content (AvgIpc) is 2.13. The van der Waals surface area contributed by atoms with Crippen molar-refractivity contribution >= 4 is 5.78 Å². The summed E-state index contributed by atoms with van der Waals surface area (Å²) in [5.41, 5.74) is 1.26. The molecule has 0 saturated carbocycles. The molecule has 0 spiro atoms. The van der Waals surface area contributed by atoms with Crippen LogP contribution in [0.3, 0.4) is 0 Å². The smallest absolute Gasteiger partial charge is 0.135 e. The van der Waals surface area contributed by atoms with Gasteiger partial charge in [-0.25, -0.2) is 0 Å². The van der Waals surface area contributed by atoms with Crippen LogP contribution in [0, 0.1) is 5.92 Å². The summed E-state index contributed by atoms with van der Waals surface area (Å²) >= 11 is 0. The number of Topliss-reactive ketones (excluding diaryl/α,β-unsaturated/α-hetero) is 1. The van der Waals surface area contributed by atoms with Crippen molar-refractivity contribution in [1.82, 2.24) is 0 Å². The van der Waals surface area contributed by atoms with Gasteiger partial charge >= 0.3 is 0 Å². The fraction of sp³-hybridized carbons (Fsp3) is 0.750. The lowest BCUT2D eigenvalue weighted by Gasteiger charge is -2.16. The van der Waals surface area contributed by atoms with Crippen LogP contribution in [0.25, 0.3) is 0 Å². The first-order valence-electron chi connectivity index (χ1n) is 5.30. The molecule has 0 amide bonds. The van der Waals surface area contributed by atoms with Gasteiger partial charge in [-0.15, -0.1) is 0 Å². The van der Waals surface area contributed by atoms with Gasteiger partial charge in [0.25, 0.3) is 0 Å². The molecule has 14 heavy (non-hydrogen) atoms. The molecule has 0 bridgehead atoms. The van der Waals surface area contributed by atoms with Gasteiger partial charge in [0.15, 0.2) is 0 Å². The first-order valence-corrected chi connectivity index (χ1v) is 5.30. The van der Waals surface area contributed by atoms with Crippen LogP contribution in [-0.2, 0) is 4.79 Å². The lowest BCUT2D eigenvalue weighted by molar-refractivity contribution is -0.121. The minimum Gasteiger partial charge on any atom is -0.392 e. The predicted molar refractivity (Wildman–Crippen MR) is 59.1 cm³/mol. The van der Waals surface area contributed by atoms with E-state index in [0.717, 1.165) is 6.42 Å². The standard InChI is InChI=1S/C12H22O2/c1-5-11(13)8-12(14)10(4)7-6-9(2)3/h6,10,12,14H,5,7-8H2,1-4H3. The molecule has 2 atom stereocenters. The van der Waals surface area contributed by atoms with Gasteiger partial charge in [0.1, 0.15) is 5.78 Å². The summed E-state index contributed by atoms with van der Waals surface area (Å²) in [4.78, 5) is 11.1. The first kappa shape index (κ1) is 13.4. The van der Waals surface area contributed by atoms with Crippen LogP contribution in [0.1, 0.15) is 47.0 Å². The van der Waals surface area contributed by atoms with Gasteiger partial charge < -0.3 is 5.11 Å². The predicted octanol–water partition coefficient (Wildman–Crippen LogP) is 2.71. The zero-order valence-electron chi connectivity index (χ0n) is 9.71. The number of rotatable bonds is 6. The van der Waals surface area contributed by atoms with Crippen molar-refractivity contribution in [1.29, 1.82) is 0 Å². The highest BCUT2D eigenvalue weighted by atomic mass is 16.3. The lowest BCUT2D eigenvalue weighted by atomic mass is 9.95. The Morgan fingerprint density at radius 3 is 2.43 bits per heavy atom. The maximum atomic E-state index is 11.1. The SMILES string of the molecule is CCC(=O)CC(O)C(C)CC=C(C)C. The number of hydrogen-bond acceptors (Lipinski definition) is 2. The van der Waals surface area contributed by atoms with E-state index in [4.69, 9.17) is 0 Å². The molecule has 0 heterocycles. The van der Waals surface area contributed by atoms with Gasteiger partial charge in [0, 0.05) is 12.8 Å². The average molecular weight is 198 g/mol. The minimum atomic E-state index is -0.488. The van der Waals surface area contributed by atoms with E-state index in [1.54, 1.807) is 0 Å². The van der Waals surface area contributed by atoms with Gasteiger partial charge in [0.2, 0.25) is 0 Å². The van der Waals surface area contributed by atoms with E-state index in [1.165, 1.54) is 5.57 Å². The van der Waals surface area contributed by atoms with Crippen LogP contribution < -0.4 is 0 Å². The number of ketones is 1. The van der Waals surface area contributed by atoms with Crippen molar-refractivity contribution in [3.63, 3.8) is 0 Å². The number of aliphatic hydroxyl groups is 1. The van der Waals surface area contributed by atoms with Gasteiger partial charge in [-0.2, -0.15) is 0 Å². The molecule has 2 unspecified atom stereocenters. The molecule has 0 aromatic heterocycles. The van der Waals surface area contributed by atoms with E-state index >= 15 is 0 Å². The molecule has 0 aromatic carbocycles. The van der Waals surface area contributed by atoms with Gasteiger partial charge in [-0.3, -0.25) is 4.79 Å². The van der Waals surface area contributed by atoms with E-state index in [0.29, 0.717) is 12.8 Å². The van der Waals surface area contributed by atoms with Crippen LogP contribution >= 0.6 is 0 Å². The van der Waals surface area contributed by atoms with Crippen LogP contribution in [-0.4, -0.2) is 17.0 Å². The molecule has 2 nitrogen and oxygen atoms in total. The van der Waals surface area contributed by atoms with Crippen molar-refractivity contribution < 1.29 is 9.90 Å². The summed E-state index contributed by atoms with van der Waals surface area (Å²) in [5.74, 6) is 0.307. The van der Waals surface area contributed by atoms with E-state index in [-0.39, 0.29) is 11.7 Å². The zero-order valence-corrected chi connectivity index (χ0v) is 9.71. The Kier molecular flexibility index (Phi) is 6.46. The van der Waals surface area contributed by atoms with E-state index in [2.05, 4.69) is 6.08 Å². The molecule has 1 N–H and O–H groups in total. The quantitative estimate of drug-likeness (QED) is 0.666. The minimum absolute atomic E-state index is 0.140. The van der Waals surface area contributed by atoms with E-state index in [1.807, 2.05) is 27.7 Å². The maximum absolute atomic E-state index is 11.1. The molecule has 0 rings (SSSR count). The second-order valence-electron chi connectivity index (χ2n) is 4.16. The molecule has 0 saturated heterocycles. The summed E-state index contributed by atoms with van der Waals surface area (Å²) in [6, 6.07) is 0. The lowest BCUT2D eigenvalue weighted by Crippen LogP contribution is -2.20. The molecule has 0 aliphatic carbocycles. The Morgan fingerprint density at radius 1 is 1.43 bits per heavy atom. The van der Waals surface area contributed by atoms with Crippen LogP contribution in [0.2, 0.25) is 0 Å². The third-order valence-electron chi connectivity index (χ3n) is 2.39. The molecular weight excluding hydrogens is 176 g/mol. The summed E-state index contributed by atoms with van der Waals surface area (Å²) in [6.07, 6.45) is 3.28. The topological polar surface area (TPSA) is 37.3 Å². The third-order valence-corrected chi connectivity index (χ3v) is 2.39. The second-order valence-corrected chi connectivity index (χ2v) is 4.16. The summed E-state index contributed by atoms with van der Waals surface area (Å²) in [6.45, 7) is 7.88. The zero-order chi connectivity index (χ0) is 11.1. The van der Waals surface area contributed by atoms with Crippen molar-refractivity contribution in [2.75, 3.05) is 0 Å². The normalized spacial score (nSPS) is 14.6. The molecule has 0 aliphatic heterocycles. The van der Waals surface area contributed by atoms with Crippen LogP contribution in [0.4, 0.5) is 0 Å². The number of aliphatic hydroxyl groups excluding tert-OH is 1. The van der Waals surface area contributed by atoms with Crippen molar-refractivity contribution in [2.45, 2.75) is 53.1 Å². The molecule has 2 heteroatoms. The van der Waals surface area contributed by atoms with Gasteiger partial charge in [-0.1, -0.05) is 25.5 Å². The number of hydrogen-bond donors (Lipinski definition) is 1. The molecule has 0 aliphatic rings. The fourth-order valence-corrected chi connectivity index (χ4v) is 1.16. The fourth-order valence-electron chi connectivity index (χ4n) is 1.16. The van der Waals surface area contributed by atoms with Crippen molar-refractivity contribution in [3.05, 3.63) is 11.6 Å². The molecule has 0 aromatic rings. The molecular formula is C12H22O2. The van der Waals surface area contributed by atoms with Crippen LogP contribution in [0.5, 0.6) is 0 Å². The van der Waals surface area contributed by atoms with Crippen LogP contribution in [0.15, 0.2) is 11.6 Å². The highest BCUT2D eigenvalue weighted by Crippen LogP contribution is 2.14. The summed E-state index contributed by atoms with van der Waals surface area (Å²) in [5, 5.41) is 9.68. The van der Waals surface area contributed by atoms with E-state index in [9.17, 15) is 9.90 Å². The Hall–Kier alpha value is -0.630. The highest BCUT2D eigenvalue weighted by Gasteiger charge is 2.15. The first-order chi connectivity index (χ1) is 6.47. The third kappa shape index (κ3) is 5.92. The van der Waals surface area contributed by atoms with Gasteiger partial charge in [0.05, 0.1) is 6.10 Å². The maximum Gasteiger partial charge on any atom is 0.135 e. The number of allylic oxidation sites excluding steroid dienone is 2.